The smallest absolute Gasteiger partial charge is 0.340 e. The van der Waals surface area contributed by atoms with E-state index in [-0.39, 0.29) is 24.2 Å². The minimum absolute atomic E-state index is 0.177. The molecule has 0 saturated carbocycles. The molecule has 168 valence electrons. The first-order valence-electron chi connectivity index (χ1n) is 10.9. The number of hydrogen-bond acceptors (Lipinski definition) is 5. The van der Waals surface area contributed by atoms with Crippen LogP contribution < -0.4 is 0 Å². The maximum atomic E-state index is 13.4. The zero-order valence-corrected chi connectivity index (χ0v) is 20.8. The molecule has 6 heteroatoms. The van der Waals surface area contributed by atoms with E-state index in [0.29, 0.717) is 10.9 Å². The SMILES string of the molecule is CCOC(=O)C1=C(C(=O)OCC)C2(c3ccccc3)C=C(C(C)(C)C)P1N2C(C)(C)C. The Hall–Kier alpha value is -1.97. The average Bonchev–Trinajstić information content (AvgIpc) is 3.19. The Morgan fingerprint density at radius 1 is 0.935 bits per heavy atom. The lowest BCUT2D eigenvalue weighted by Gasteiger charge is -2.45. The number of rotatable bonds is 5. The number of carbonyl (C=O) groups is 2. The van der Waals surface area contributed by atoms with Crippen LogP contribution in [0.5, 0.6) is 0 Å². The van der Waals surface area contributed by atoms with Gasteiger partial charge in [-0.3, -0.25) is 4.67 Å². The molecule has 2 heterocycles. The summed E-state index contributed by atoms with van der Waals surface area (Å²) in [4.78, 5) is 26.8. The fourth-order valence-electron chi connectivity index (χ4n) is 4.52. The molecule has 2 aliphatic heterocycles. The number of benzene rings is 1. The van der Waals surface area contributed by atoms with Gasteiger partial charge in [0.15, 0.2) is 0 Å². The second-order valence-corrected chi connectivity index (χ2v) is 11.8. The van der Waals surface area contributed by atoms with Crippen LogP contribution in [0.2, 0.25) is 0 Å². The highest BCUT2D eigenvalue weighted by Crippen LogP contribution is 2.78. The number of esters is 2. The molecule has 31 heavy (non-hydrogen) atoms. The number of carbonyl (C=O) groups excluding carboxylic acids is 2. The molecule has 2 bridgehead atoms. The molecule has 2 aliphatic rings. The molecule has 2 atom stereocenters. The van der Waals surface area contributed by atoms with Gasteiger partial charge in [0.05, 0.1) is 24.1 Å². The van der Waals surface area contributed by atoms with Gasteiger partial charge in [-0.25, -0.2) is 9.59 Å². The number of nitrogens with zero attached hydrogens (tertiary/aromatic N) is 1. The summed E-state index contributed by atoms with van der Waals surface area (Å²) in [5, 5.41) is 1.65. The van der Waals surface area contributed by atoms with Crippen LogP contribution in [-0.4, -0.2) is 35.4 Å². The molecule has 0 aromatic heterocycles. The van der Waals surface area contributed by atoms with Crippen molar-refractivity contribution < 1.29 is 19.1 Å². The maximum absolute atomic E-state index is 13.4. The number of hydrogen-bond donors (Lipinski definition) is 0. The van der Waals surface area contributed by atoms with E-state index in [0.717, 1.165) is 5.56 Å². The van der Waals surface area contributed by atoms with Gasteiger partial charge in [0.25, 0.3) is 0 Å². The third-order valence-corrected chi connectivity index (χ3v) is 8.91. The summed E-state index contributed by atoms with van der Waals surface area (Å²) >= 11 is 0. The molecule has 0 N–H and O–H groups in total. The zero-order chi connectivity index (χ0) is 23.2. The van der Waals surface area contributed by atoms with E-state index in [9.17, 15) is 9.59 Å². The van der Waals surface area contributed by atoms with Crippen molar-refractivity contribution in [3.63, 3.8) is 0 Å². The summed E-state index contributed by atoms with van der Waals surface area (Å²) in [7, 11) is -1.24. The molecule has 2 unspecified atom stereocenters. The Morgan fingerprint density at radius 2 is 1.48 bits per heavy atom. The van der Waals surface area contributed by atoms with Crippen molar-refractivity contribution in [3.05, 3.63) is 58.2 Å². The van der Waals surface area contributed by atoms with Crippen LogP contribution in [0, 0.1) is 5.41 Å². The highest BCUT2D eigenvalue weighted by Gasteiger charge is 2.65. The Bertz CT molecular complexity index is 937. The second kappa shape index (κ2) is 8.18. The molecule has 0 amide bonds. The van der Waals surface area contributed by atoms with E-state index in [1.165, 1.54) is 5.31 Å². The Morgan fingerprint density at radius 3 is 1.97 bits per heavy atom. The van der Waals surface area contributed by atoms with E-state index < -0.39 is 25.5 Å². The van der Waals surface area contributed by atoms with Gasteiger partial charge in [-0.15, -0.1) is 0 Å². The quantitative estimate of drug-likeness (QED) is 0.431. The van der Waals surface area contributed by atoms with Crippen LogP contribution in [0.3, 0.4) is 0 Å². The Labute approximate surface area is 187 Å². The predicted molar refractivity (Wildman–Crippen MR) is 124 cm³/mol. The lowest BCUT2D eigenvalue weighted by atomic mass is 9.77. The molecular formula is C25H34NO4P. The summed E-state index contributed by atoms with van der Waals surface area (Å²) in [6.07, 6.45) is 2.22. The van der Waals surface area contributed by atoms with E-state index in [1.54, 1.807) is 13.8 Å². The van der Waals surface area contributed by atoms with E-state index in [2.05, 4.69) is 52.3 Å². The van der Waals surface area contributed by atoms with Gasteiger partial charge in [0.1, 0.15) is 5.54 Å². The van der Waals surface area contributed by atoms with Crippen LogP contribution in [0.15, 0.2) is 52.6 Å². The Kier molecular flexibility index (Phi) is 6.25. The Balaban J connectivity index is 2.44. The molecule has 1 aromatic rings. The van der Waals surface area contributed by atoms with E-state index in [4.69, 9.17) is 9.47 Å². The van der Waals surface area contributed by atoms with Crippen molar-refractivity contribution >= 4 is 20.0 Å². The summed E-state index contributed by atoms with van der Waals surface area (Å²) in [5.74, 6) is -0.864. The minimum Gasteiger partial charge on any atom is -0.463 e. The van der Waals surface area contributed by atoms with E-state index >= 15 is 0 Å². The van der Waals surface area contributed by atoms with Gasteiger partial charge in [-0.05, 0) is 57.0 Å². The molecule has 0 radical (unpaired) electrons. The molecule has 0 aliphatic carbocycles. The standard InChI is InChI=1S/C25H34NO4P/c1-9-29-21(27)19-20(22(28)30-10-2)31-18(23(3,4)5)16-25(19,26(31)24(6,7)8)17-14-12-11-13-15-17/h11-16H,9-10H2,1-8H3. The zero-order valence-electron chi connectivity index (χ0n) is 19.9. The molecule has 0 spiro atoms. The first-order valence-corrected chi connectivity index (χ1v) is 12.2. The number of ether oxygens (including phenoxy) is 2. The molecule has 5 nitrogen and oxygen atoms in total. The van der Waals surface area contributed by atoms with Crippen LogP contribution in [0.25, 0.3) is 0 Å². The van der Waals surface area contributed by atoms with Crippen molar-refractivity contribution in [2.24, 2.45) is 5.41 Å². The lowest BCUT2D eigenvalue weighted by molar-refractivity contribution is -0.142. The monoisotopic (exact) mass is 443 g/mol. The van der Waals surface area contributed by atoms with E-state index in [1.807, 2.05) is 30.3 Å². The highest BCUT2D eigenvalue weighted by molar-refractivity contribution is 7.66. The van der Waals surface area contributed by atoms with Gasteiger partial charge in [-0.1, -0.05) is 51.1 Å². The van der Waals surface area contributed by atoms with Gasteiger partial charge in [-0.2, -0.15) is 0 Å². The fraction of sp³-hybridized carbons (Fsp3) is 0.520. The largest absolute Gasteiger partial charge is 0.463 e. The average molecular weight is 444 g/mol. The van der Waals surface area contributed by atoms with Crippen LogP contribution in [0.4, 0.5) is 0 Å². The molecule has 1 aromatic carbocycles. The molecule has 0 fully saturated rings. The van der Waals surface area contributed by atoms with Crippen molar-refractivity contribution in [1.29, 1.82) is 0 Å². The number of allylic oxidation sites excluding steroid dienone is 1. The van der Waals surface area contributed by atoms with Crippen LogP contribution >= 0.6 is 8.07 Å². The maximum Gasteiger partial charge on any atom is 0.340 e. The third kappa shape index (κ3) is 3.76. The van der Waals surface area contributed by atoms with Gasteiger partial charge >= 0.3 is 11.9 Å². The van der Waals surface area contributed by atoms with Crippen molar-refractivity contribution in [1.82, 2.24) is 4.67 Å². The van der Waals surface area contributed by atoms with Crippen molar-refractivity contribution in [2.75, 3.05) is 13.2 Å². The predicted octanol–water partition coefficient (Wildman–Crippen LogP) is 5.72. The normalized spacial score (nSPS) is 23.7. The van der Waals surface area contributed by atoms with Crippen molar-refractivity contribution in [2.45, 2.75) is 66.5 Å². The molecular weight excluding hydrogens is 409 g/mol. The highest BCUT2D eigenvalue weighted by atomic mass is 31.1. The summed E-state index contributed by atoms with van der Waals surface area (Å²) in [6.45, 7) is 17.0. The van der Waals surface area contributed by atoms with Crippen LogP contribution in [-0.2, 0) is 24.6 Å². The summed E-state index contributed by atoms with van der Waals surface area (Å²) in [5.41, 5.74) is -0.00449. The lowest BCUT2D eigenvalue weighted by Crippen LogP contribution is -2.48. The topological polar surface area (TPSA) is 55.8 Å². The molecule has 3 rings (SSSR count). The molecule has 0 saturated heterocycles. The summed E-state index contributed by atoms with van der Waals surface area (Å²) in [6, 6.07) is 9.97. The summed E-state index contributed by atoms with van der Waals surface area (Å²) < 4.78 is 13.4. The number of fused-ring (bicyclic) bond motifs is 2. The second-order valence-electron chi connectivity index (χ2n) is 9.87. The minimum atomic E-state index is -1.24. The first-order chi connectivity index (χ1) is 14.4. The van der Waals surface area contributed by atoms with Crippen LogP contribution in [0.1, 0.15) is 61.0 Å². The van der Waals surface area contributed by atoms with Crippen molar-refractivity contribution in [3.8, 4) is 0 Å². The van der Waals surface area contributed by atoms with Gasteiger partial charge in [0, 0.05) is 13.6 Å². The third-order valence-electron chi connectivity index (χ3n) is 5.50. The van der Waals surface area contributed by atoms with Gasteiger partial charge in [0.2, 0.25) is 0 Å². The van der Waals surface area contributed by atoms with Gasteiger partial charge < -0.3 is 9.47 Å². The first kappa shape index (κ1) is 23.7. The fourth-order valence-corrected chi connectivity index (χ4v) is 8.02.